The van der Waals surface area contributed by atoms with Crippen molar-refractivity contribution in [1.29, 1.82) is 0 Å². The molecule has 2 aromatic carbocycles. The van der Waals surface area contributed by atoms with Crippen LogP contribution in [0.25, 0.3) is 0 Å². The van der Waals surface area contributed by atoms with Gasteiger partial charge in [0.05, 0.1) is 25.5 Å². The van der Waals surface area contributed by atoms with Crippen LogP contribution in [0.15, 0.2) is 47.4 Å². The first-order valence-electron chi connectivity index (χ1n) is 7.13. The van der Waals surface area contributed by atoms with Crippen LogP contribution in [-0.2, 0) is 21.2 Å². The van der Waals surface area contributed by atoms with E-state index in [2.05, 4.69) is 5.43 Å². The zero-order valence-electron chi connectivity index (χ0n) is 13.6. The van der Waals surface area contributed by atoms with Crippen LogP contribution in [0.1, 0.15) is 5.56 Å². The van der Waals surface area contributed by atoms with E-state index in [1.807, 2.05) is 4.83 Å². The van der Waals surface area contributed by atoms with Gasteiger partial charge in [-0.2, -0.15) is 0 Å². The second kappa shape index (κ2) is 7.95. The molecule has 2 aromatic rings. The van der Waals surface area contributed by atoms with Crippen LogP contribution in [0.4, 0.5) is 4.39 Å². The standard InChI is InChI=1S/C16H17FN2O5S/c1-23-14-8-7-13(10-15(14)24-2)25(21,22)19-18-16(20)9-11-3-5-12(17)6-4-11/h3-8,10,19H,9H2,1-2H3,(H,18,20). The molecule has 0 atom stereocenters. The van der Waals surface area contributed by atoms with Gasteiger partial charge < -0.3 is 9.47 Å². The summed E-state index contributed by atoms with van der Waals surface area (Å²) in [6.07, 6.45) is -0.102. The highest BCUT2D eigenvalue weighted by atomic mass is 32.2. The van der Waals surface area contributed by atoms with Crippen LogP contribution >= 0.6 is 0 Å². The molecule has 0 aliphatic heterocycles. The van der Waals surface area contributed by atoms with Crippen molar-refractivity contribution in [2.75, 3.05) is 14.2 Å². The number of halogens is 1. The molecule has 0 saturated carbocycles. The Hall–Kier alpha value is -2.65. The van der Waals surface area contributed by atoms with E-state index in [4.69, 9.17) is 9.47 Å². The lowest BCUT2D eigenvalue weighted by molar-refractivity contribution is -0.120. The van der Waals surface area contributed by atoms with Gasteiger partial charge in [0.25, 0.3) is 10.0 Å². The van der Waals surface area contributed by atoms with E-state index in [1.54, 1.807) is 0 Å². The fourth-order valence-corrected chi connectivity index (χ4v) is 2.87. The quantitative estimate of drug-likeness (QED) is 0.721. The molecule has 2 N–H and O–H groups in total. The van der Waals surface area contributed by atoms with Crippen molar-refractivity contribution < 1.29 is 27.1 Å². The van der Waals surface area contributed by atoms with Crippen molar-refractivity contribution in [3.8, 4) is 11.5 Å². The van der Waals surface area contributed by atoms with Crippen molar-refractivity contribution in [3.63, 3.8) is 0 Å². The largest absolute Gasteiger partial charge is 0.493 e. The van der Waals surface area contributed by atoms with Gasteiger partial charge in [-0.25, -0.2) is 12.8 Å². The minimum Gasteiger partial charge on any atom is -0.493 e. The van der Waals surface area contributed by atoms with Crippen molar-refractivity contribution in [2.24, 2.45) is 0 Å². The topological polar surface area (TPSA) is 93.7 Å². The summed E-state index contributed by atoms with van der Waals surface area (Å²) >= 11 is 0. The van der Waals surface area contributed by atoms with Crippen molar-refractivity contribution >= 4 is 15.9 Å². The number of amides is 1. The highest BCUT2D eigenvalue weighted by molar-refractivity contribution is 7.89. The molecule has 0 unspecified atom stereocenters. The van der Waals surface area contributed by atoms with Crippen LogP contribution in [0.3, 0.4) is 0 Å². The first kappa shape index (κ1) is 18.7. The summed E-state index contributed by atoms with van der Waals surface area (Å²) in [7, 11) is -1.18. The normalized spacial score (nSPS) is 11.0. The molecule has 7 nitrogen and oxygen atoms in total. The third kappa shape index (κ3) is 4.91. The Morgan fingerprint density at radius 1 is 1.04 bits per heavy atom. The van der Waals surface area contributed by atoms with E-state index in [0.717, 1.165) is 0 Å². The Bertz CT molecular complexity index is 853. The highest BCUT2D eigenvalue weighted by Gasteiger charge is 2.18. The summed E-state index contributed by atoms with van der Waals surface area (Å²) in [5.41, 5.74) is 2.65. The number of carbonyl (C=O) groups is 1. The van der Waals surface area contributed by atoms with Crippen LogP contribution < -0.4 is 19.7 Å². The van der Waals surface area contributed by atoms with E-state index in [1.165, 1.54) is 56.7 Å². The fraction of sp³-hybridized carbons (Fsp3) is 0.188. The zero-order chi connectivity index (χ0) is 18.4. The second-order valence-corrected chi connectivity index (χ2v) is 6.66. The molecule has 9 heteroatoms. The number of hydrogen-bond acceptors (Lipinski definition) is 5. The number of benzene rings is 2. The predicted molar refractivity (Wildman–Crippen MR) is 88.1 cm³/mol. The van der Waals surface area contributed by atoms with Gasteiger partial charge in [0.2, 0.25) is 5.91 Å². The maximum absolute atomic E-state index is 12.8. The van der Waals surface area contributed by atoms with E-state index < -0.39 is 21.7 Å². The maximum atomic E-state index is 12.8. The number of carbonyl (C=O) groups excluding carboxylic acids is 1. The molecule has 0 saturated heterocycles. The fourth-order valence-electron chi connectivity index (χ4n) is 2.00. The van der Waals surface area contributed by atoms with Crippen LogP contribution in [0.2, 0.25) is 0 Å². The lowest BCUT2D eigenvalue weighted by atomic mass is 10.1. The average Bonchev–Trinajstić information content (AvgIpc) is 2.61. The summed E-state index contributed by atoms with van der Waals surface area (Å²) in [4.78, 5) is 13.7. The number of sulfonamides is 1. The molecule has 134 valence electrons. The number of hydrazine groups is 1. The molecule has 0 fully saturated rings. The van der Waals surface area contributed by atoms with Crippen molar-refractivity contribution in [3.05, 3.63) is 53.8 Å². The molecule has 0 spiro atoms. The minimum absolute atomic E-state index is 0.102. The number of methoxy groups -OCH3 is 2. The number of ether oxygens (including phenoxy) is 2. The number of rotatable bonds is 7. The first-order chi connectivity index (χ1) is 11.9. The Labute approximate surface area is 144 Å². The lowest BCUT2D eigenvalue weighted by Crippen LogP contribution is -2.42. The Morgan fingerprint density at radius 2 is 1.68 bits per heavy atom. The molecule has 0 aliphatic carbocycles. The third-order valence-electron chi connectivity index (χ3n) is 3.27. The van der Waals surface area contributed by atoms with Gasteiger partial charge in [0.1, 0.15) is 5.82 Å². The van der Waals surface area contributed by atoms with E-state index >= 15 is 0 Å². The van der Waals surface area contributed by atoms with Crippen LogP contribution in [-0.4, -0.2) is 28.5 Å². The van der Waals surface area contributed by atoms with Crippen molar-refractivity contribution in [1.82, 2.24) is 10.3 Å². The first-order valence-corrected chi connectivity index (χ1v) is 8.61. The average molecular weight is 368 g/mol. The molecule has 25 heavy (non-hydrogen) atoms. The summed E-state index contributed by atoms with van der Waals surface area (Å²) in [6.45, 7) is 0. The predicted octanol–water partition coefficient (Wildman–Crippen LogP) is 1.40. The van der Waals surface area contributed by atoms with E-state index in [-0.39, 0.29) is 17.1 Å². The molecule has 0 aliphatic rings. The highest BCUT2D eigenvalue weighted by Crippen LogP contribution is 2.29. The molecular formula is C16H17FN2O5S. The summed E-state index contributed by atoms with van der Waals surface area (Å²) in [5.74, 6) is -0.390. The van der Waals surface area contributed by atoms with Gasteiger partial charge in [0, 0.05) is 6.07 Å². The lowest BCUT2D eigenvalue weighted by Gasteiger charge is -2.11. The minimum atomic E-state index is -3.99. The molecule has 2 rings (SSSR count). The monoisotopic (exact) mass is 368 g/mol. The van der Waals surface area contributed by atoms with E-state index in [9.17, 15) is 17.6 Å². The van der Waals surface area contributed by atoms with Gasteiger partial charge >= 0.3 is 0 Å². The van der Waals surface area contributed by atoms with Gasteiger partial charge in [-0.05, 0) is 29.8 Å². The van der Waals surface area contributed by atoms with Crippen LogP contribution in [0, 0.1) is 5.82 Å². The van der Waals surface area contributed by atoms with E-state index in [0.29, 0.717) is 11.3 Å². The molecule has 0 heterocycles. The smallest absolute Gasteiger partial charge is 0.257 e. The molecule has 0 radical (unpaired) electrons. The van der Waals surface area contributed by atoms with Gasteiger partial charge in [-0.15, -0.1) is 4.83 Å². The van der Waals surface area contributed by atoms with Gasteiger partial charge in [-0.1, -0.05) is 12.1 Å². The van der Waals surface area contributed by atoms with Crippen LogP contribution in [0.5, 0.6) is 11.5 Å². The Morgan fingerprint density at radius 3 is 2.28 bits per heavy atom. The molecular weight excluding hydrogens is 351 g/mol. The Balaban J connectivity index is 2.03. The second-order valence-electron chi connectivity index (χ2n) is 4.97. The number of nitrogens with one attached hydrogen (secondary N) is 2. The summed E-state index contributed by atoms with van der Waals surface area (Å²) in [5, 5.41) is 0. The summed E-state index contributed by atoms with van der Waals surface area (Å²) in [6, 6.07) is 9.35. The SMILES string of the molecule is COc1ccc(S(=O)(=O)NNC(=O)Cc2ccc(F)cc2)cc1OC. The molecule has 1 amide bonds. The van der Waals surface area contributed by atoms with Gasteiger partial charge in [-0.3, -0.25) is 10.2 Å². The van der Waals surface area contributed by atoms with Gasteiger partial charge in [0.15, 0.2) is 11.5 Å². The third-order valence-corrected chi connectivity index (χ3v) is 4.51. The van der Waals surface area contributed by atoms with Crippen molar-refractivity contribution in [2.45, 2.75) is 11.3 Å². The Kier molecular flexibility index (Phi) is 5.94. The summed E-state index contributed by atoms with van der Waals surface area (Å²) < 4.78 is 47.4. The molecule has 0 bridgehead atoms. The number of hydrogen-bond donors (Lipinski definition) is 2. The zero-order valence-corrected chi connectivity index (χ0v) is 14.4. The molecule has 0 aromatic heterocycles. The maximum Gasteiger partial charge on any atom is 0.257 e.